The van der Waals surface area contributed by atoms with Crippen LogP contribution in [0.4, 0.5) is 10.5 Å². The molecule has 1 aromatic carbocycles. The van der Waals surface area contributed by atoms with E-state index in [0.29, 0.717) is 24.5 Å². The van der Waals surface area contributed by atoms with Gasteiger partial charge in [0.2, 0.25) is 0 Å². The first-order valence-corrected chi connectivity index (χ1v) is 4.54. The minimum atomic E-state index is -0.879. The minimum absolute atomic E-state index is 0.283. The van der Waals surface area contributed by atoms with Crippen molar-refractivity contribution in [3.63, 3.8) is 0 Å². The van der Waals surface area contributed by atoms with Crippen LogP contribution in [0.3, 0.4) is 0 Å². The first kappa shape index (κ1) is 9.45. The number of quaternary nitrogens is 1. The predicted molar refractivity (Wildman–Crippen MR) is 53.2 cm³/mol. The largest absolute Gasteiger partial charge is 0.627 e. The summed E-state index contributed by atoms with van der Waals surface area (Å²) in [5.74, 6) is 0.349. The number of carbonyl (C=O) groups is 1. The van der Waals surface area contributed by atoms with Crippen molar-refractivity contribution in [1.82, 2.24) is 4.65 Å². The lowest BCUT2D eigenvalue weighted by atomic mass is 10.3. The first-order chi connectivity index (χ1) is 6.60. The van der Waals surface area contributed by atoms with Gasteiger partial charge in [0.05, 0.1) is 0 Å². The van der Waals surface area contributed by atoms with E-state index >= 15 is 0 Å². The molecule has 0 bridgehead atoms. The van der Waals surface area contributed by atoms with Crippen LogP contribution in [0.5, 0.6) is 5.75 Å². The van der Waals surface area contributed by atoms with Crippen molar-refractivity contribution in [3.8, 4) is 5.75 Å². The highest BCUT2D eigenvalue weighted by Gasteiger charge is 2.34. The van der Waals surface area contributed by atoms with E-state index in [4.69, 9.17) is 11.6 Å². The molecular formula is C9H8ClNO3. The van der Waals surface area contributed by atoms with Crippen LogP contribution in [0.2, 0.25) is 0 Å². The fourth-order valence-electron chi connectivity index (χ4n) is 1.23. The maximum atomic E-state index is 11.6. The van der Waals surface area contributed by atoms with E-state index in [1.807, 2.05) is 0 Å². The van der Waals surface area contributed by atoms with Crippen molar-refractivity contribution >= 4 is 22.7 Å². The Bertz CT molecular complexity index is 359. The standard InChI is InChI=1S/C9H8ClNO3/c10-9(12)14-8-3-1-7(2-4-8)11(13)5-6-11/h1-4H,5-6H2. The highest BCUT2D eigenvalue weighted by atomic mass is 35.5. The summed E-state index contributed by atoms with van der Waals surface area (Å²) in [4.78, 5) is 10.4. The zero-order valence-corrected chi connectivity index (χ0v) is 8.03. The summed E-state index contributed by atoms with van der Waals surface area (Å²) in [7, 11) is 0. The van der Waals surface area contributed by atoms with Crippen molar-refractivity contribution in [1.29, 1.82) is 0 Å². The zero-order valence-electron chi connectivity index (χ0n) is 7.27. The Morgan fingerprint density at radius 3 is 2.36 bits per heavy atom. The van der Waals surface area contributed by atoms with Crippen LogP contribution >= 0.6 is 11.6 Å². The molecule has 5 heteroatoms. The Labute approximate surface area is 85.8 Å². The molecule has 1 aliphatic rings. The molecule has 1 heterocycles. The average molecular weight is 214 g/mol. The first-order valence-electron chi connectivity index (χ1n) is 4.16. The van der Waals surface area contributed by atoms with Crippen LogP contribution < -0.4 is 9.38 Å². The molecule has 0 unspecified atom stereocenters. The molecule has 0 saturated carbocycles. The van der Waals surface area contributed by atoms with E-state index < -0.39 is 5.43 Å². The molecule has 0 aliphatic carbocycles. The van der Waals surface area contributed by atoms with Crippen LogP contribution in [0, 0.1) is 5.21 Å². The highest BCUT2D eigenvalue weighted by molar-refractivity contribution is 6.61. The van der Waals surface area contributed by atoms with Gasteiger partial charge in [-0.1, -0.05) is 0 Å². The highest BCUT2D eigenvalue weighted by Crippen LogP contribution is 2.31. The number of benzene rings is 1. The van der Waals surface area contributed by atoms with Gasteiger partial charge in [-0.3, -0.25) is 0 Å². The second-order valence-corrected chi connectivity index (χ2v) is 3.48. The number of hydrogen-bond donors (Lipinski definition) is 0. The van der Waals surface area contributed by atoms with E-state index in [-0.39, 0.29) is 4.65 Å². The summed E-state index contributed by atoms with van der Waals surface area (Å²) < 4.78 is 4.34. The van der Waals surface area contributed by atoms with Gasteiger partial charge in [-0.25, -0.2) is 4.79 Å². The quantitative estimate of drug-likeness (QED) is 0.328. The molecule has 0 aromatic heterocycles. The molecular weight excluding hydrogens is 206 g/mol. The zero-order chi connectivity index (χ0) is 10.2. The number of hydroxylamine groups is 2. The van der Waals surface area contributed by atoms with Crippen LogP contribution in [0.1, 0.15) is 0 Å². The lowest BCUT2D eigenvalue weighted by Crippen LogP contribution is -2.15. The molecule has 0 radical (unpaired) electrons. The van der Waals surface area contributed by atoms with Gasteiger partial charge in [-0.2, -0.15) is 0 Å². The monoisotopic (exact) mass is 213 g/mol. The molecule has 1 saturated heterocycles. The van der Waals surface area contributed by atoms with Crippen molar-refractivity contribution in [2.45, 2.75) is 0 Å². The summed E-state index contributed by atoms with van der Waals surface area (Å²) in [5.41, 5.74) is -0.199. The summed E-state index contributed by atoms with van der Waals surface area (Å²) in [6.07, 6.45) is 0. The van der Waals surface area contributed by atoms with Gasteiger partial charge in [0, 0.05) is 23.7 Å². The SMILES string of the molecule is O=C(Cl)Oc1ccc([N+]2([O-])CC2)cc1. The Kier molecular flexibility index (Phi) is 2.19. The summed E-state index contributed by atoms with van der Waals surface area (Å²) >= 11 is 5.03. The van der Waals surface area contributed by atoms with E-state index in [0.717, 1.165) is 0 Å². The molecule has 4 nitrogen and oxygen atoms in total. The Morgan fingerprint density at radius 2 is 1.93 bits per heavy atom. The fourth-order valence-corrected chi connectivity index (χ4v) is 1.32. The van der Waals surface area contributed by atoms with Crippen molar-refractivity contribution in [2.75, 3.05) is 13.1 Å². The normalized spacial score (nSPS) is 17.6. The fraction of sp³-hybridized carbons (Fsp3) is 0.222. The van der Waals surface area contributed by atoms with Crippen molar-refractivity contribution < 1.29 is 9.53 Å². The smallest absolute Gasteiger partial charge is 0.409 e. The molecule has 1 fully saturated rings. The molecule has 1 aliphatic heterocycles. The van der Waals surface area contributed by atoms with Gasteiger partial charge in [-0.15, -0.1) is 0 Å². The molecule has 74 valence electrons. The van der Waals surface area contributed by atoms with Gasteiger partial charge < -0.3 is 14.6 Å². The molecule has 2 rings (SSSR count). The number of hydrogen-bond acceptors (Lipinski definition) is 3. The number of ether oxygens (including phenoxy) is 1. The summed E-state index contributed by atoms with van der Waals surface area (Å²) in [5, 5.41) is 11.6. The van der Waals surface area contributed by atoms with Gasteiger partial charge >= 0.3 is 5.43 Å². The molecule has 0 spiro atoms. The number of nitrogens with zero attached hydrogens (tertiary/aromatic N) is 1. The van der Waals surface area contributed by atoms with E-state index in [1.165, 1.54) is 0 Å². The second kappa shape index (κ2) is 3.24. The number of halogens is 1. The average Bonchev–Trinajstić information content (AvgIpc) is 2.85. The molecule has 0 amide bonds. The van der Waals surface area contributed by atoms with Crippen LogP contribution in [0.25, 0.3) is 0 Å². The lowest BCUT2D eigenvalue weighted by Gasteiger charge is -2.20. The van der Waals surface area contributed by atoms with Gasteiger partial charge in [0.25, 0.3) is 0 Å². The lowest BCUT2D eigenvalue weighted by molar-refractivity contribution is 0.225. The van der Waals surface area contributed by atoms with Crippen molar-refractivity contribution in [3.05, 3.63) is 29.5 Å². The molecule has 1 aromatic rings. The summed E-state index contributed by atoms with van der Waals surface area (Å²) in [6, 6.07) is 6.42. The van der Waals surface area contributed by atoms with Crippen LogP contribution in [-0.2, 0) is 0 Å². The third kappa shape index (κ3) is 1.87. The number of carbonyl (C=O) groups excluding carboxylic acids is 1. The second-order valence-electron chi connectivity index (χ2n) is 3.17. The van der Waals surface area contributed by atoms with Crippen LogP contribution in [-0.4, -0.2) is 18.5 Å². The minimum Gasteiger partial charge on any atom is -0.627 e. The third-order valence-electron chi connectivity index (χ3n) is 2.14. The van der Waals surface area contributed by atoms with E-state index in [1.54, 1.807) is 24.3 Å². The summed E-state index contributed by atoms with van der Waals surface area (Å²) in [6.45, 7) is 1.24. The molecule has 0 N–H and O–H groups in total. The van der Waals surface area contributed by atoms with E-state index in [9.17, 15) is 10.0 Å². The maximum absolute atomic E-state index is 11.6. The molecule has 0 atom stereocenters. The predicted octanol–water partition coefficient (Wildman–Crippen LogP) is 2.24. The van der Waals surface area contributed by atoms with Gasteiger partial charge in [0.1, 0.15) is 24.5 Å². The topological polar surface area (TPSA) is 49.4 Å². The third-order valence-corrected chi connectivity index (χ3v) is 2.21. The van der Waals surface area contributed by atoms with Crippen molar-refractivity contribution in [2.24, 2.45) is 0 Å². The van der Waals surface area contributed by atoms with Crippen LogP contribution in [0.15, 0.2) is 24.3 Å². The Balaban J connectivity index is 2.14. The van der Waals surface area contributed by atoms with E-state index in [2.05, 4.69) is 4.74 Å². The molecule has 14 heavy (non-hydrogen) atoms. The maximum Gasteiger partial charge on any atom is 0.409 e. The number of rotatable bonds is 2. The Morgan fingerprint density at radius 1 is 1.36 bits per heavy atom. The van der Waals surface area contributed by atoms with Gasteiger partial charge in [-0.05, 0) is 12.1 Å². The van der Waals surface area contributed by atoms with Gasteiger partial charge in [0.15, 0.2) is 0 Å². The Hall–Kier alpha value is -1.10.